The predicted octanol–water partition coefficient (Wildman–Crippen LogP) is 6.91. The summed E-state index contributed by atoms with van der Waals surface area (Å²) in [5, 5.41) is 3.18. The summed E-state index contributed by atoms with van der Waals surface area (Å²) in [5.41, 5.74) is 6.14. The molecule has 0 fully saturated rings. The Hall–Kier alpha value is -5.17. The van der Waals surface area contributed by atoms with E-state index in [4.69, 9.17) is 14.5 Å². The molecule has 4 aromatic carbocycles. The van der Waals surface area contributed by atoms with Crippen LogP contribution in [0.15, 0.2) is 97.3 Å². The second kappa shape index (κ2) is 8.99. The Morgan fingerprint density at radius 3 is 2.03 bits per heavy atom. The molecular weight excluding hydrogens is 486 g/mol. The Kier molecular flexibility index (Phi) is 5.30. The van der Waals surface area contributed by atoms with Crippen LogP contribution < -0.4 is 9.47 Å². The minimum Gasteiger partial charge on any atom is -0.497 e. The van der Waals surface area contributed by atoms with E-state index in [2.05, 4.69) is 74.6 Å². The molecule has 0 radical (unpaired) electrons. The highest BCUT2D eigenvalue weighted by molar-refractivity contribution is 6.22. The molecule has 39 heavy (non-hydrogen) atoms. The van der Waals surface area contributed by atoms with Crippen LogP contribution in [-0.2, 0) is 0 Å². The first-order valence-electron chi connectivity index (χ1n) is 12.7. The average Bonchev–Trinajstić information content (AvgIpc) is 3.49. The van der Waals surface area contributed by atoms with E-state index in [-0.39, 0.29) is 0 Å². The second-order valence-corrected chi connectivity index (χ2v) is 9.45. The maximum atomic E-state index is 5.65. The lowest BCUT2D eigenvalue weighted by Crippen LogP contribution is -2.07. The first-order valence-corrected chi connectivity index (χ1v) is 12.7. The summed E-state index contributed by atoms with van der Waals surface area (Å²) in [6.07, 6.45) is 1.58. The molecule has 190 valence electrons. The summed E-state index contributed by atoms with van der Waals surface area (Å²) in [5.74, 6) is 2.73. The van der Waals surface area contributed by atoms with Gasteiger partial charge in [-0.05, 0) is 61.0 Å². The first kappa shape index (κ1) is 23.0. The zero-order valence-corrected chi connectivity index (χ0v) is 21.8. The van der Waals surface area contributed by atoms with Crippen molar-refractivity contribution in [3.8, 4) is 34.5 Å². The molecule has 0 aliphatic heterocycles. The quantitative estimate of drug-likeness (QED) is 0.251. The summed E-state index contributed by atoms with van der Waals surface area (Å²) in [7, 11) is 3.38. The minimum absolute atomic E-state index is 0.540. The van der Waals surface area contributed by atoms with Crippen LogP contribution in [0.2, 0.25) is 0 Å². The number of ether oxygens (including phenoxy) is 2. The smallest absolute Gasteiger partial charge is 0.239 e. The average molecular weight is 512 g/mol. The summed E-state index contributed by atoms with van der Waals surface area (Å²) >= 11 is 0. The molecule has 0 spiro atoms. The van der Waals surface area contributed by atoms with Crippen molar-refractivity contribution in [1.29, 1.82) is 0 Å². The van der Waals surface area contributed by atoms with E-state index in [0.717, 1.165) is 55.6 Å². The number of rotatable bonds is 5. The molecule has 7 aromatic rings. The lowest BCUT2D eigenvalue weighted by molar-refractivity contribution is 0.415. The highest BCUT2D eigenvalue weighted by Crippen LogP contribution is 2.42. The molecule has 7 rings (SSSR count). The predicted molar refractivity (Wildman–Crippen MR) is 154 cm³/mol. The largest absolute Gasteiger partial charge is 0.497 e. The third kappa shape index (κ3) is 3.62. The van der Waals surface area contributed by atoms with Gasteiger partial charge in [0.1, 0.15) is 23.5 Å². The molecule has 0 aliphatic rings. The monoisotopic (exact) mass is 511 g/mol. The zero-order chi connectivity index (χ0) is 26.5. The summed E-state index contributed by atoms with van der Waals surface area (Å²) in [4.78, 5) is 14.1. The van der Waals surface area contributed by atoms with Crippen LogP contribution in [0.3, 0.4) is 0 Å². The van der Waals surface area contributed by atoms with E-state index >= 15 is 0 Å². The van der Waals surface area contributed by atoms with Crippen molar-refractivity contribution in [2.45, 2.75) is 6.92 Å². The number of benzene rings is 4. The highest BCUT2D eigenvalue weighted by atomic mass is 16.5. The van der Waals surface area contributed by atoms with E-state index in [9.17, 15) is 0 Å². The number of aryl methyl sites for hydroxylation is 1. The second-order valence-electron chi connectivity index (χ2n) is 9.45. The van der Waals surface area contributed by atoms with Gasteiger partial charge in [0.2, 0.25) is 5.95 Å². The molecule has 0 N–H and O–H groups in total. The molecule has 3 heterocycles. The number of nitrogens with zero attached hydrogens (tertiary/aromatic N) is 5. The molecule has 3 aromatic heterocycles. The van der Waals surface area contributed by atoms with E-state index in [1.807, 2.05) is 42.5 Å². The van der Waals surface area contributed by atoms with Crippen molar-refractivity contribution >= 4 is 32.8 Å². The van der Waals surface area contributed by atoms with Gasteiger partial charge in [0.25, 0.3) is 0 Å². The van der Waals surface area contributed by atoms with Gasteiger partial charge in [-0.15, -0.1) is 0 Å². The van der Waals surface area contributed by atoms with Crippen LogP contribution in [0.25, 0.3) is 55.9 Å². The van der Waals surface area contributed by atoms with Crippen LogP contribution in [0.5, 0.6) is 11.5 Å². The van der Waals surface area contributed by atoms with Crippen LogP contribution in [0.1, 0.15) is 5.56 Å². The number of hydrogen-bond donors (Lipinski definition) is 0. The van der Waals surface area contributed by atoms with Crippen molar-refractivity contribution < 1.29 is 9.47 Å². The van der Waals surface area contributed by atoms with Crippen LogP contribution >= 0.6 is 0 Å². The van der Waals surface area contributed by atoms with Gasteiger partial charge in [-0.3, -0.25) is 9.13 Å². The van der Waals surface area contributed by atoms with E-state index in [1.54, 1.807) is 20.5 Å². The number of fused-ring (bicyclic) bond motifs is 5. The van der Waals surface area contributed by atoms with Gasteiger partial charge in [0.15, 0.2) is 5.82 Å². The fourth-order valence-corrected chi connectivity index (χ4v) is 5.37. The maximum Gasteiger partial charge on any atom is 0.239 e. The topological polar surface area (TPSA) is 67.0 Å². The van der Waals surface area contributed by atoms with E-state index < -0.39 is 0 Å². The Morgan fingerprint density at radius 1 is 0.667 bits per heavy atom. The summed E-state index contributed by atoms with van der Waals surface area (Å²) in [6.45, 7) is 2.11. The Labute approximate surface area is 224 Å². The van der Waals surface area contributed by atoms with E-state index in [1.165, 1.54) is 5.56 Å². The summed E-state index contributed by atoms with van der Waals surface area (Å²) in [6, 6.07) is 30.8. The molecule has 0 saturated heterocycles. The standard InChI is InChI=1S/C32H25N5O2/c1-20-8-7-11-22(16-20)36-27-14-12-23(38-2)17-25(27)29-26-18-24(39-3)13-15-28(26)37(31(29)36)32-34-19-33-30(35-32)21-9-5-4-6-10-21/h4-19H,1-3H3. The molecule has 0 bridgehead atoms. The van der Waals surface area contributed by atoms with Crippen LogP contribution in [0.4, 0.5) is 0 Å². The molecular formula is C32H25N5O2. The maximum absolute atomic E-state index is 5.65. The third-order valence-electron chi connectivity index (χ3n) is 7.13. The van der Waals surface area contributed by atoms with Gasteiger partial charge in [-0.2, -0.15) is 4.98 Å². The van der Waals surface area contributed by atoms with Crippen molar-refractivity contribution in [2.75, 3.05) is 14.2 Å². The van der Waals surface area contributed by atoms with Gasteiger partial charge in [-0.25, -0.2) is 9.97 Å². The van der Waals surface area contributed by atoms with Crippen molar-refractivity contribution in [2.24, 2.45) is 0 Å². The normalized spacial score (nSPS) is 11.5. The lowest BCUT2D eigenvalue weighted by atomic mass is 10.1. The first-order chi connectivity index (χ1) is 19.2. The highest BCUT2D eigenvalue weighted by Gasteiger charge is 2.24. The van der Waals surface area contributed by atoms with Crippen LogP contribution in [0, 0.1) is 6.92 Å². The van der Waals surface area contributed by atoms with Crippen LogP contribution in [-0.4, -0.2) is 38.3 Å². The molecule has 0 amide bonds. The van der Waals surface area contributed by atoms with E-state index in [0.29, 0.717) is 11.8 Å². The summed E-state index contributed by atoms with van der Waals surface area (Å²) < 4.78 is 15.7. The Morgan fingerprint density at radius 2 is 1.36 bits per heavy atom. The minimum atomic E-state index is 0.540. The van der Waals surface area contributed by atoms with Crippen molar-refractivity contribution in [1.82, 2.24) is 24.1 Å². The van der Waals surface area contributed by atoms with Crippen molar-refractivity contribution in [3.63, 3.8) is 0 Å². The van der Waals surface area contributed by atoms with Gasteiger partial charge in [0.05, 0.1) is 25.3 Å². The van der Waals surface area contributed by atoms with Gasteiger partial charge in [-0.1, -0.05) is 42.5 Å². The van der Waals surface area contributed by atoms with Gasteiger partial charge in [0, 0.05) is 27.4 Å². The Bertz CT molecular complexity index is 2010. The molecule has 7 nitrogen and oxygen atoms in total. The van der Waals surface area contributed by atoms with Gasteiger partial charge >= 0.3 is 0 Å². The number of aromatic nitrogens is 5. The fourth-order valence-electron chi connectivity index (χ4n) is 5.37. The number of methoxy groups -OCH3 is 2. The molecule has 0 unspecified atom stereocenters. The molecule has 0 atom stereocenters. The number of hydrogen-bond acceptors (Lipinski definition) is 5. The Balaban J connectivity index is 1.67. The molecule has 0 aliphatic carbocycles. The van der Waals surface area contributed by atoms with Gasteiger partial charge < -0.3 is 9.47 Å². The third-order valence-corrected chi connectivity index (χ3v) is 7.13. The van der Waals surface area contributed by atoms with Crippen molar-refractivity contribution in [3.05, 3.63) is 103 Å². The zero-order valence-electron chi connectivity index (χ0n) is 21.8. The molecule has 0 saturated carbocycles. The fraction of sp³-hybridized carbons (Fsp3) is 0.0938. The lowest BCUT2D eigenvalue weighted by Gasteiger charge is -2.13. The SMILES string of the molecule is COc1ccc2c(c1)c1c3cc(OC)ccc3n(-c3ncnc(-c4ccccc4)n3)c1n2-c1cccc(C)c1. The molecule has 7 heteroatoms.